The van der Waals surface area contributed by atoms with E-state index < -0.39 is 11.6 Å². The summed E-state index contributed by atoms with van der Waals surface area (Å²) in [4.78, 5) is 0. The van der Waals surface area contributed by atoms with Gasteiger partial charge >= 0.3 is 0 Å². The van der Waals surface area contributed by atoms with Gasteiger partial charge in [-0.1, -0.05) is 157 Å². The minimum atomic E-state index is -0.811. The van der Waals surface area contributed by atoms with Crippen molar-refractivity contribution >= 4 is 0 Å². The molecule has 0 saturated carbocycles. The fourth-order valence-corrected chi connectivity index (χ4v) is 5.79. The molecular weight excluding hydrogens is 546 g/mol. The predicted molar refractivity (Wildman–Crippen MR) is 183 cm³/mol. The van der Waals surface area contributed by atoms with Gasteiger partial charge in [0.25, 0.3) is 0 Å². The molecule has 44 heavy (non-hydrogen) atoms. The summed E-state index contributed by atoms with van der Waals surface area (Å²) in [6, 6.07) is 27.0. The lowest BCUT2D eigenvalue weighted by atomic mass is 9.96. The van der Waals surface area contributed by atoms with Crippen LogP contribution in [0.25, 0.3) is 33.4 Å². The van der Waals surface area contributed by atoms with Crippen molar-refractivity contribution in [3.8, 4) is 39.1 Å². The molecule has 0 saturated heterocycles. The zero-order valence-corrected chi connectivity index (χ0v) is 26.9. The molecule has 0 unspecified atom stereocenters. The summed E-state index contributed by atoms with van der Waals surface area (Å²) in [5.74, 6) is -0.741. The Morgan fingerprint density at radius 1 is 0.432 bits per heavy atom. The van der Waals surface area contributed by atoms with Crippen LogP contribution in [0.15, 0.2) is 84.9 Å². The second-order valence-electron chi connectivity index (χ2n) is 12.1. The molecule has 0 heterocycles. The molecule has 0 amide bonds. The largest absolute Gasteiger partial charge is 0.494 e. The molecule has 0 N–H and O–H groups in total. The van der Waals surface area contributed by atoms with Crippen molar-refractivity contribution in [2.24, 2.45) is 0 Å². The Labute approximate surface area is 264 Å². The van der Waals surface area contributed by atoms with E-state index in [1.54, 1.807) is 12.1 Å². The topological polar surface area (TPSA) is 9.23 Å². The van der Waals surface area contributed by atoms with E-state index in [4.69, 9.17) is 4.74 Å². The lowest BCUT2D eigenvalue weighted by molar-refractivity contribution is 0.304. The first-order valence-electron chi connectivity index (χ1n) is 17.0. The van der Waals surface area contributed by atoms with Gasteiger partial charge in [-0.25, -0.2) is 8.78 Å². The summed E-state index contributed by atoms with van der Waals surface area (Å²) >= 11 is 0. The van der Waals surface area contributed by atoms with Crippen LogP contribution in [0, 0.1) is 11.6 Å². The fourth-order valence-electron chi connectivity index (χ4n) is 5.79. The molecule has 0 aliphatic carbocycles. The third-order valence-electron chi connectivity index (χ3n) is 8.57. The summed E-state index contributed by atoms with van der Waals surface area (Å²) in [5.41, 5.74) is 5.24. The highest BCUT2D eigenvalue weighted by Gasteiger charge is 2.16. The number of aryl methyl sites for hydroxylation is 1. The quantitative estimate of drug-likeness (QED) is 0.0978. The van der Waals surface area contributed by atoms with Crippen molar-refractivity contribution in [2.75, 3.05) is 6.61 Å². The predicted octanol–water partition coefficient (Wildman–Crippen LogP) is 13.0. The molecule has 1 nitrogen and oxygen atoms in total. The van der Waals surface area contributed by atoms with Crippen LogP contribution in [-0.4, -0.2) is 6.61 Å². The van der Waals surface area contributed by atoms with Crippen LogP contribution in [0.2, 0.25) is 0 Å². The number of rotatable bonds is 19. The third kappa shape index (κ3) is 10.0. The van der Waals surface area contributed by atoms with Gasteiger partial charge in [0.05, 0.1) is 6.61 Å². The molecule has 0 radical (unpaired) electrons. The highest BCUT2D eigenvalue weighted by Crippen LogP contribution is 2.33. The van der Waals surface area contributed by atoms with Gasteiger partial charge in [0.1, 0.15) is 5.75 Å². The Hall–Kier alpha value is -3.46. The van der Waals surface area contributed by atoms with Gasteiger partial charge in [-0.05, 0) is 59.2 Å². The lowest BCUT2D eigenvalue weighted by Gasteiger charge is -2.11. The second-order valence-corrected chi connectivity index (χ2v) is 12.1. The first kappa shape index (κ1) is 33.4. The summed E-state index contributed by atoms with van der Waals surface area (Å²) in [5, 5.41) is 0. The van der Waals surface area contributed by atoms with E-state index >= 15 is 8.78 Å². The van der Waals surface area contributed by atoms with E-state index in [0.29, 0.717) is 16.7 Å². The fraction of sp³-hybridized carbons (Fsp3) is 0.415. The van der Waals surface area contributed by atoms with E-state index in [1.165, 1.54) is 82.6 Å². The zero-order chi connectivity index (χ0) is 31.0. The molecule has 3 heteroatoms. The van der Waals surface area contributed by atoms with Crippen molar-refractivity contribution < 1.29 is 13.5 Å². The number of halogens is 2. The molecular formula is C41H50F2O. The van der Waals surface area contributed by atoms with Crippen LogP contribution in [-0.2, 0) is 6.42 Å². The minimum Gasteiger partial charge on any atom is -0.494 e. The first-order valence-corrected chi connectivity index (χ1v) is 17.0. The average molecular weight is 597 g/mol. The number of hydrogen-bond acceptors (Lipinski definition) is 1. The van der Waals surface area contributed by atoms with Gasteiger partial charge < -0.3 is 4.74 Å². The Bertz CT molecular complexity index is 1370. The van der Waals surface area contributed by atoms with Crippen LogP contribution in [0.3, 0.4) is 0 Å². The average Bonchev–Trinajstić information content (AvgIpc) is 3.06. The smallest absolute Gasteiger partial charge is 0.167 e. The Kier molecular flexibility index (Phi) is 14.0. The van der Waals surface area contributed by atoms with Gasteiger partial charge in [-0.15, -0.1) is 0 Å². The molecule has 0 bridgehead atoms. The number of hydrogen-bond donors (Lipinski definition) is 0. The molecule has 0 spiro atoms. The highest BCUT2D eigenvalue weighted by molar-refractivity contribution is 5.74. The van der Waals surface area contributed by atoms with Gasteiger partial charge in [0, 0.05) is 11.1 Å². The van der Waals surface area contributed by atoms with E-state index in [9.17, 15) is 0 Å². The number of unbranched alkanes of at least 4 members (excludes halogenated alkanes) is 11. The Morgan fingerprint density at radius 3 is 1.36 bits per heavy atom. The maximum absolute atomic E-state index is 15.3. The molecule has 0 aliphatic rings. The van der Waals surface area contributed by atoms with Crippen LogP contribution < -0.4 is 4.74 Å². The molecule has 4 aromatic rings. The molecule has 0 atom stereocenters. The maximum Gasteiger partial charge on any atom is 0.167 e. The molecule has 4 rings (SSSR count). The number of benzene rings is 4. The van der Waals surface area contributed by atoms with Gasteiger partial charge in [-0.2, -0.15) is 0 Å². The normalized spacial score (nSPS) is 11.2. The Balaban J connectivity index is 1.31. The van der Waals surface area contributed by atoms with Crippen molar-refractivity contribution in [1.82, 2.24) is 0 Å². The molecule has 0 aliphatic heterocycles. The Morgan fingerprint density at radius 2 is 0.841 bits per heavy atom. The van der Waals surface area contributed by atoms with Gasteiger partial charge in [-0.3, -0.25) is 0 Å². The molecule has 0 fully saturated rings. The van der Waals surface area contributed by atoms with Gasteiger partial charge in [0.15, 0.2) is 11.6 Å². The van der Waals surface area contributed by atoms with E-state index in [0.717, 1.165) is 36.3 Å². The van der Waals surface area contributed by atoms with Crippen molar-refractivity contribution in [1.29, 1.82) is 0 Å². The summed E-state index contributed by atoms with van der Waals surface area (Å²) in [6.45, 7) is 5.21. The molecule has 234 valence electrons. The van der Waals surface area contributed by atoms with Crippen molar-refractivity contribution in [3.63, 3.8) is 0 Å². The summed E-state index contributed by atoms with van der Waals surface area (Å²) in [7, 11) is 0. The maximum atomic E-state index is 15.3. The van der Waals surface area contributed by atoms with Gasteiger partial charge in [0.2, 0.25) is 0 Å². The highest BCUT2D eigenvalue weighted by atomic mass is 19.2. The second kappa shape index (κ2) is 18.4. The summed E-state index contributed by atoms with van der Waals surface area (Å²) < 4.78 is 36.5. The first-order chi connectivity index (χ1) is 21.6. The van der Waals surface area contributed by atoms with E-state index in [2.05, 4.69) is 13.8 Å². The van der Waals surface area contributed by atoms with Crippen LogP contribution >= 0.6 is 0 Å². The third-order valence-corrected chi connectivity index (χ3v) is 8.57. The monoisotopic (exact) mass is 596 g/mol. The number of ether oxygens (including phenoxy) is 1. The molecule has 4 aromatic carbocycles. The standard InChI is InChI=1S/C41H50F2O/c1-3-5-7-9-10-11-12-14-16-32-17-19-35(20-18-32)38-29-30-39(41(43)40(38)42)36-23-21-33(22-24-36)34-25-27-37(28-26-34)44-31-15-13-8-6-4-2/h17-30H,3-16,31H2,1-2H3. The SMILES string of the molecule is CCCCCCCCCCc1ccc(-c2ccc(-c3ccc(-c4ccc(OCCCCCCC)cc4)cc3)c(F)c2F)cc1. The van der Waals surface area contributed by atoms with Crippen LogP contribution in [0.4, 0.5) is 8.78 Å². The van der Waals surface area contributed by atoms with Crippen molar-refractivity contribution in [2.45, 2.75) is 104 Å². The molecule has 0 aromatic heterocycles. The summed E-state index contributed by atoms with van der Waals surface area (Å²) in [6.07, 6.45) is 17.5. The van der Waals surface area contributed by atoms with Crippen LogP contribution in [0.1, 0.15) is 103 Å². The van der Waals surface area contributed by atoms with E-state index in [-0.39, 0.29) is 5.56 Å². The lowest BCUT2D eigenvalue weighted by Crippen LogP contribution is -1.97. The van der Waals surface area contributed by atoms with Crippen LogP contribution in [0.5, 0.6) is 5.75 Å². The van der Waals surface area contributed by atoms with E-state index in [1.807, 2.05) is 72.8 Å². The minimum absolute atomic E-state index is 0.270. The van der Waals surface area contributed by atoms with Crippen molar-refractivity contribution in [3.05, 3.63) is 102 Å². The zero-order valence-electron chi connectivity index (χ0n) is 26.9.